The zero-order valence-electron chi connectivity index (χ0n) is 9.62. The van der Waals surface area contributed by atoms with Gasteiger partial charge < -0.3 is 15.8 Å². The standard InChI is InChI=1S/C11H20N2O2/c1-4-5-6-9(2)7-13-11(14)10(12)8-15-3/h4-6,10H,7-8,12H2,1-3H3,(H,13,14). The lowest BCUT2D eigenvalue weighted by atomic mass is 10.2. The summed E-state index contributed by atoms with van der Waals surface area (Å²) in [4.78, 5) is 11.3. The Balaban J connectivity index is 3.89. The molecule has 0 radical (unpaired) electrons. The van der Waals surface area contributed by atoms with E-state index in [9.17, 15) is 4.79 Å². The average Bonchev–Trinajstić information content (AvgIpc) is 2.23. The molecule has 0 spiro atoms. The van der Waals surface area contributed by atoms with E-state index < -0.39 is 6.04 Å². The Bertz CT molecular complexity index is 247. The summed E-state index contributed by atoms with van der Waals surface area (Å²) in [6.07, 6.45) is 5.81. The van der Waals surface area contributed by atoms with Gasteiger partial charge in [0.25, 0.3) is 0 Å². The Labute approximate surface area is 91.2 Å². The second kappa shape index (κ2) is 8.20. The lowest BCUT2D eigenvalue weighted by Crippen LogP contribution is -2.43. The van der Waals surface area contributed by atoms with Crippen molar-refractivity contribution in [2.45, 2.75) is 19.9 Å². The molecule has 86 valence electrons. The summed E-state index contributed by atoms with van der Waals surface area (Å²) < 4.78 is 4.78. The molecule has 0 aliphatic rings. The topological polar surface area (TPSA) is 64.4 Å². The minimum absolute atomic E-state index is 0.190. The molecule has 4 nitrogen and oxygen atoms in total. The second-order valence-corrected chi connectivity index (χ2v) is 3.32. The van der Waals surface area contributed by atoms with E-state index in [4.69, 9.17) is 10.5 Å². The summed E-state index contributed by atoms with van der Waals surface area (Å²) in [7, 11) is 1.52. The summed E-state index contributed by atoms with van der Waals surface area (Å²) >= 11 is 0. The van der Waals surface area contributed by atoms with Crippen molar-refractivity contribution in [1.29, 1.82) is 0 Å². The number of hydrogen-bond acceptors (Lipinski definition) is 3. The number of nitrogens with two attached hydrogens (primary N) is 1. The fourth-order valence-corrected chi connectivity index (χ4v) is 0.932. The van der Waals surface area contributed by atoms with E-state index in [2.05, 4.69) is 5.32 Å². The lowest BCUT2D eigenvalue weighted by Gasteiger charge is -2.10. The van der Waals surface area contributed by atoms with Crippen LogP contribution in [0.4, 0.5) is 0 Å². The first kappa shape index (κ1) is 13.9. The van der Waals surface area contributed by atoms with Crippen LogP contribution in [-0.4, -0.2) is 32.2 Å². The van der Waals surface area contributed by atoms with Gasteiger partial charge in [0.1, 0.15) is 6.04 Å². The maximum Gasteiger partial charge on any atom is 0.239 e. The Morgan fingerprint density at radius 3 is 2.80 bits per heavy atom. The highest BCUT2D eigenvalue weighted by Crippen LogP contribution is 1.91. The van der Waals surface area contributed by atoms with Crippen molar-refractivity contribution in [3.63, 3.8) is 0 Å². The van der Waals surface area contributed by atoms with Crippen LogP contribution in [0.25, 0.3) is 0 Å². The number of rotatable bonds is 6. The predicted octanol–water partition coefficient (Wildman–Crippen LogP) is 0.599. The lowest BCUT2D eigenvalue weighted by molar-refractivity contribution is -0.123. The molecule has 0 aromatic rings. The number of nitrogens with one attached hydrogen (secondary N) is 1. The van der Waals surface area contributed by atoms with Gasteiger partial charge in [-0.2, -0.15) is 0 Å². The number of allylic oxidation sites excluding steroid dienone is 3. The van der Waals surface area contributed by atoms with Crippen molar-refractivity contribution < 1.29 is 9.53 Å². The Morgan fingerprint density at radius 2 is 2.27 bits per heavy atom. The zero-order valence-corrected chi connectivity index (χ0v) is 9.62. The highest BCUT2D eigenvalue weighted by atomic mass is 16.5. The molecular formula is C11H20N2O2. The van der Waals surface area contributed by atoms with Crippen LogP contribution in [0.5, 0.6) is 0 Å². The Hall–Kier alpha value is -1.13. The van der Waals surface area contributed by atoms with Crippen LogP contribution >= 0.6 is 0 Å². The third-order valence-corrected chi connectivity index (χ3v) is 1.80. The summed E-state index contributed by atoms with van der Waals surface area (Å²) in [5, 5.41) is 2.73. The van der Waals surface area contributed by atoms with Crippen LogP contribution in [0.2, 0.25) is 0 Å². The molecule has 0 rings (SSSR count). The molecule has 4 heteroatoms. The monoisotopic (exact) mass is 212 g/mol. The highest BCUT2D eigenvalue weighted by Gasteiger charge is 2.11. The molecule has 0 saturated carbocycles. The fraction of sp³-hybridized carbons (Fsp3) is 0.545. The number of methoxy groups -OCH3 is 1. The molecule has 0 bridgehead atoms. The Kier molecular flexibility index (Phi) is 7.58. The molecule has 15 heavy (non-hydrogen) atoms. The van der Waals surface area contributed by atoms with E-state index in [0.29, 0.717) is 6.54 Å². The number of carbonyl (C=O) groups excluding carboxylic acids is 1. The van der Waals surface area contributed by atoms with E-state index in [1.165, 1.54) is 7.11 Å². The third-order valence-electron chi connectivity index (χ3n) is 1.80. The quantitative estimate of drug-likeness (QED) is 0.634. The van der Waals surface area contributed by atoms with Gasteiger partial charge in [-0.1, -0.05) is 23.8 Å². The number of carbonyl (C=O) groups is 1. The van der Waals surface area contributed by atoms with Gasteiger partial charge in [0.15, 0.2) is 0 Å². The average molecular weight is 212 g/mol. The van der Waals surface area contributed by atoms with Gasteiger partial charge in [-0.15, -0.1) is 0 Å². The molecule has 1 atom stereocenters. The van der Waals surface area contributed by atoms with Crippen LogP contribution in [0.15, 0.2) is 23.8 Å². The van der Waals surface area contributed by atoms with Crippen LogP contribution in [0.3, 0.4) is 0 Å². The highest BCUT2D eigenvalue weighted by molar-refractivity contribution is 5.81. The molecule has 0 heterocycles. The number of amides is 1. The van der Waals surface area contributed by atoms with Crippen LogP contribution in [0.1, 0.15) is 13.8 Å². The van der Waals surface area contributed by atoms with Crippen LogP contribution in [0, 0.1) is 0 Å². The van der Waals surface area contributed by atoms with E-state index in [1.807, 2.05) is 32.1 Å². The molecule has 3 N–H and O–H groups in total. The largest absolute Gasteiger partial charge is 0.383 e. The fourth-order valence-electron chi connectivity index (χ4n) is 0.932. The van der Waals surface area contributed by atoms with Crippen LogP contribution in [-0.2, 0) is 9.53 Å². The summed E-state index contributed by atoms with van der Waals surface area (Å²) in [6.45, 7) is 4.64. The first-order valence-corrected chi connectivity index (χ1v) is 4.92. The molecule has 1 amide bonds. The van der Waals surface area contributed by atoms with Gasteiger partial charge in [-0.05, 0) is 13.8 Å². The molecule has 0 aliphatic carbocycles. The summed E-state index contributed by atoms with van der Waals surface area (Å²) in [5.41, 5.74) is 6.62. The summed E-state index contributed by atoms with van der Waals surface area (Å²) in [5.74, 6) is -0.190. The second-order valence-electron chi connectivity index (χ2n) is 3.32. The molecule has 0 aliphatic heterocycles. The smallest absolute Gasteiger partial charge is 0.239 e. The molecule has 0 aromatic carbocycles. The van der Waals surface area contributed by atoms with E-state index in [1.54, 1.807) is 0 Å². The van der Waals surface area contributed by atoms with Gasteiger partial charge in [0.2, 0.25) is 5.91 Å². The molecule has 0 fully saturated rings. The minimum Gasteiger partial charge on any atom is -0.383 e. The maximum atomic E-state index is 11.3. The molecule has 0 saturated heterocycles. The first-order chi connectivity index (χ1) is 7.11. The molecule has 1 unspecified atom stereocenters. The van der Waals surface area contributed by atoms with Crippen molar-refractivity contribution in [1.82, 2.24) is 5.32 Å². The first-order valence-electron chi connectivity index (χ1n) is 4.92. The van der Waals surface area contributed by atoms with Gasteiger partial charge in [-0.25, -0.2) is 0 Å². The third kappa shape index (κ3) is 6.88. The van der Waals surface area contributed by atoms with Gasteiger partial charge in [-0.3, -0.25) is 4.79 Å². The van der Waals surface area contributed by atoms with E-state index in [0.717, 1.165) is 5.57 Å². The number of hydrogen-bond donors (Lipinski definition) is 2. The number of ether oxygens (including phenoxy) is 1. The van der Waals surface area contributed by atoms with Crippen molar-refractivity contribution in [3.8, 4) is 0 Å². The van der Waals surface area contributed by atoms with E-state index in [-0.39, 0.29) is 12.5 Å². The predicted molar refractivity (Wildman–Crippen MR) is 61.4 cm³/mol. The summed E-state index contributed by atoms with van der Waals surface area (Å²) in [6, 6.07) is -0.593. The van der Waals surface area contributed by atoms with Crippen molar-refractivity contribution in [2.24, 2.45) is 5.73 Å². The van der Waals surface area contributed by atoms with Crippen molar-refractivity contribution >= 4 is 5.91 Å². The zero-order chi connectivity index (χ0) is 11.7. The maximum absolute atomic E-state index is 11.3. The molecule has 0 aromatic heterocycles. The van der Waals surface area contributed by atoms with E-state index >= 15 is 0 Å². The van der Waals surface area contributed by atoms with Crippen LogP contribution < -0.4 is 11.1 Å². The Morgan fingerprint density at radius 1 is 1.60 bits per heavy atom. The van der Waals surface area contributed by atoms with Crippen molar-refractivity contribution in [2.75, 3.05) is 20.3 Å². The normalized spacial score (nSPS) is 14.3. The van der Waals surface area contributed by atoms with Crippen molar-refractivity contribution in [3.05, 3.63) is 23.8 Å². The van der Waals surface area contributed by atoms with Gasteiger partial charge in [0, 0.05) is 13.7 Å². The van der Waals surface area contributed by atoms with Gasteiger partial charge >= 0.3 is 0 Å². The van der Waals surface area contributed by atoms with Gasteiger partial charge in [0.05, 0.1) is 6.61 Å². The minimum atomic E-state index is -0.593. The molecular weight excluding hydrogens is 192 g/mol. The SMILES string of the molecule is CC=CC=C(C)CNC(=O)C(N)COC.